The predicted octanol–water partition coefficient (Wildman–Crippen LogP) is -1.63. The summed E-state index contributed by atoms with van der Waals surface area (Å²) in [5.41, 5.74) is 0. The van der Waals surface area contributed by atoms with Crippen LogP contribution in [0.25, 0.3) is 0 Å². The number of fused-ring (bicyclic) bond motifs is 1. The molecule has 33 heavy (non-hydrogen) atoms. The number of carbonyl (C=O) groups excluding carboxylic acids is 1. The Hall–Kier alpha value is -0.930. The zero-order valence-corrected chi connectivity index (χ0v) is 19.5. The van der Waals surface area contributed by atoms with E-state index in [1.54, 1.807) is 13.8 Å². The first kappa shape index (κ1) is 26.7. The maximum Gasteiger partial charge on any atom is 0.217 e. The molecule has 10 atom stereocenters. The van der Waals surface area contributed by atoms with E-state index in [1.165, 1.54) is 6.92 Å². The van der Waals surface area contributed by atoms with Gasteiger partial charge in [0.25, 0.3) is 0 Å². The highest BCUT2D eigenvalue weighted by Gasteiger charge is 2.57. The van der Waals surface area contributed by atoms with E-state index >= 15 is 0 Å². The molecule has 0 unspecified atom stereocenters. The van der Waals surface area contributed by atoms with Gasteiger partial charge < -0.3 is 54.2 Å². The van der Waals surface area contributed by atoms with Crippen molar-refractivity contribution in [3.8, 4) is 0 Å². The quantitative estimate of drug-likeness (QED) is 0.228. The second-order valence-electron chi connectivity index (χ2n) is 9.09. The van der Waals surface area contributed by atoms with Crippen LogP contribution in [0.15, 0.2) is 0 Å². The molecule has 0 bridgehead atoms. The molecule has 3 saturated heterocycles. The molecule has 0 spiro atoms. The van der Waals surface area contributed by atoms with Crippen molar-refractivity contribution < 1.29 is 53.6 Å². The molecule has 0 aromatic heterocycles. The number of carbonyl (C=O) groups is 1. The fraction of sp³-hybridized carbons (Fsp3) is 0.952. The van der Waals surface area contributed by atoms with Crippen LogP contribution in [0.2, 0.25) is 0 Å². The molecule has 3 aliphatic rings. The van der Waals surface area contributed by atoms with Crippen molar-refractivity contribution in [1.82, 2.24) is 5.32 Å². The minimum absolute atomic E-state index is 0.303. The summed E-state index contributed by atoms with van der Waals surface area (Å²) in [6, 6.07) is -1.11. The van der Waals surface area contributed by atoms with E-state index in [0.29, 0.717) is 6.61 Å². The van der Waals surface area contributed by atoms with Crippen molar-refractivity contribution in [2.24, 2.45) is 0 Å². The van der Waals surface area contributed by atoms with Crippen LogP contribution in [-0.4, -0.2) is 113 Å². The molecule has 3 aliphatic heterocycles. The normalized spacial score (nSPS) is 41.0. The Labute approximate surface area is 193 Å². The number of aliphatic hydroxyl groups excluding tert-OH is 4. The van der Waals surface area contributed by atoms with Crippen molar-refractivity contribution in [3.05, 3.63) is 0 Å². The van der Waals surface area contributed by atoms with Gasteiger partial charge in [0.05, 0.1) is 13.2 Å². The molecule has 1 amide bonds. The van der Waals surface area contributed by atoms with Crippen LogP contribution in [0.1, 0.15) is 40.5 Å². The van der Waals surface area contributed by atoms with Gasteiger partial charge in [-0.3, -0.25) is 4.79 Å². The van der Waals surface area contributed by atoms with Crippen molar-refractivity contribution >= 4 is 5.91 Å². The van der Waals surface area contributed by atoms with Gasteiger partial charge in [-0.1, -0.05) is 13.3 Å². The van der Waals surface area contributed by atoms with Crippen LogP contribution in [0.5, 0.6) is 0 Å². The Morgan fingerprint density at radius 2 is 1.88 bits per heavy atom. The summed E-state index contributed by atoms with van der Waals surface area (Å²) in [6.45, 7) is 6.41. The molecule has 12 nitrogen and oxygen atoms in total. The molecule has 192 valence electrons. The molecule has 0 aromatic rings. The molecule has 3 fully saturated rings. The van der Waals surface area contributed by atoms with Gasteiger partial charge in [-0.2, -0.15) is 0 Å². The summed E-state index contributed by atoms with van der Waals surface area (Å²) in [7, 11) is 0. The van der Waals surface area contributed by atoms with Crippen LogP contribution in [0.3, 0.4) is 0 Å². The molecule has 0 radical (unpaired) electrons. The molecule has 3 rings (SSSR count). The van der Waals surface area contributed by atoms with Crippen LogP contribution in [0.4, 0.5) is 0 Å². The topological polar surface area (TPSA) is 165 Å². The van der Waals surface area contributed by atoms with Crippen LogP contribution in [0, 0.1) is 0 Å². The monoisotopic (exact) mass is 479 g/mol. The van der Waals surface area contributed by atoms with Crippen LogP contribution in [-0.2, 0) is 33.2 Å². The Kier molecular flexibility index (Phi) is 9.06. The lowest BCUT2D eigenvalue weighted by atomic mass is 9.97. The maximum absolute atomic E-state index is 11.6. The number of amides is 1. The second-order valence-corrected chi connectivity index (χ2v) is 9.09. The molecule has 0 aliphatic carbocycles. The first-order chi connectivity index (χ1) is 15.6. The number of unbranched alkanes of at least 4 members (excludes halogenated alkanes) is 1. The van der Waals surface area contributed by atoms with Gasteiger partial charge in [0.15, 0.2) is 18.4 Å². The number of nitrogens with one attached hydrogen (secondary N) is 1. The average molecular weight is 480 g/mol. The number of aliphatic hydroxyl groups is 4. The zero-order chi connectivity index (χ0) is 24.3. The summed E-state index contributed by atoms with van der Waals surface area (Å²) in [4.78, 5) is 11.6. The largest absolute Gasteiger partial charge is 0.394 e. The molecular formula is C21H37NO11. The number of ether oxygens (including phenoxy) is 6. The smallest absolute Gasteiger partial charge is 0.217 e. The molecule has 5 N–H and O–H groups in total. The zero-order valence-electron chi connectivity index (χ0n) is 19.5. The van der Waals surface area contributed by atoms with E-state index in [-0.39, 0.29) is 6.61 Å². The first-order valence-electron chi connectivity index (χ1n) is 11.4. The lowest BCUT2D eigenvalue weighted by Gasteiger charge is -2.42. The van der Waals surface area contributed by atoms with Crippen molar-refractivity contribution in [2.75, 3.05) is 19.8 Å². The summed E-state index contributed by atoms with van der Waals surface area (Å²) >= 11 is 0. The van der Waals surface area contributed by atoms with E-state index in [2.05, 4.69) is 5.32 Å². The van der Waals surface area contributed by atoms with Gasteiger partial charge in [-0.15, -0.1) is 0 Å². The number of hydrogen-bond acceptors (Lipinski definition) is 11. The van der Waals surface area contributed by atoms with Gasteiger partial charge >= 0.3 is 0 Å². The second kappa shape index (κ2) is 11.2. The summed E-state index contributed by atoms with van der Waals surface area (Å²) in [5, 5.41) is 43.3. The Morgan fingerprint density at radius 3 is 2.52 bits per heavy atom. The Bertz CT molecular complexity index is 650. The van der Waals surface area contributed by atoms with Crippen molar-refractivity contribution in [2.45, 2.75) is 108 Å². The third kappa shape index (κ3) is 6.20. The highest BCUT2D eigenvalue weighted by molar-refractivity contribution is 5.73. The lowest BCUT2D eigenvalue weighted by Crippen LogP contribution is -2.64. The fourth-order valence-corrected chi connectivity index (χ4v) is 4.27. The molecule has 0 aromatic carbocycles. The third-order valence-electron chi connectivity index (χ3n) is 5.90. The highest BCUT2D eigenvalue weighted by Crippen LogP contribution is 2.40. The fourth-order valence-electron chi connectivity index (χ4n) is 4.27. The maximum atomic E-state index is 11.6. The van der Waals surface area contributed by atoms with Crippen molar-refractivity contribution in [3.63, 3.8) is 0 Å². The number of hydrogen-bond donors (Lipinski definition) is 5. The van der Waals surface area contributed by atoms with Gasteiger partial charge in [-0.25, -0.2) is 0 Å². The van der Waals surface area contributed by atoms with Gasteiger partial charge in [0.2, 0.25) is 5.91 Å². The van der Waals surface area contributed by atoms with E-state index < -0.39 is 79.7 Å². The Balaban J connectivity index is 1.65. The average Bonchev–Trinajstić information content (AvgIpc) is 3.22. The third-order valence-corrected chi connectivity index (χ3v) is 5.90. The van der Waals surface area contributed by atoms with Crippen molar-refractivity contribution in [1.29, 1.82) is 0 Å². The van der Waals surface area contributed by atoms with Crippen LogP contribution < -0.4 is 5.32 Å². The highest BCUT2D eigenvalue weighted by atomic mass is 16.8. The van der Waals surface area contributed by atoms with Gasteiger partial charge in [0, 0.05) is 13.5 Å². The summed E-state index contributed by atoms with van der Waals surface area (Å²) in [5.74, 6) is -1.31. The standard InChI is InChI=1S/C21H37NO11/c1-5-6-7-28-17-16(31-20-18(17)32-21(3,4)33-20)11(25)9-29-19-13(22-10(2)24)15(27)14(26)12(8-23)30-19/h11-20,23,25-27H,5-9H2,1-4H3,(H,22,24)/t11-,12+,13-,14-,15+,16-,17+,18+,19+,20+/m1/s1. The molecular weight excluding hydrogens is 442 g/mol. The minimum atomic E-state index is -1.45. The number of rotatable bonds is 10. The molecule has 0 saturated carbocycles. The van der Waals surface area contributed by atoms with Crippen LogP contribution >= 0.6 is 0 Å². The molecule has 12 heteroatoms. The predicted molar refractivity (Wildman–Crippen MR) is 111 cm³/mol. The van der Waals surface area contributed by atoms with Gasteiger partial charge in [0.1, 0.15) is 48.8 Å². The van der Waals surface area contributed by atoms with E-state index in [1.807, 2.05) is 6.92 Å². The Morgan fingerprint density at radius 1 is 1.15 bits per heavy atom. The summed E-state index contributed by atoms with van der Waals surface area (Å²) < 4.78 is 34.8. The summed E-state index contributed by atoms with van der Waals surface area (Å²) in [6.07, 6.45) is -7.30. The first-order valence-corrected chi connectivity index (χ1v) is 11.4. The minimum Gasteiger partial charge on any atom is -0.394 e. The van der Waals surface area contributed by atoms with E-state index in [9.17, 15) is 25.2 Å². The lowest BCUT2D eigenvalue weighted by molar-refractivity contribution is -0.280. The molecule has 3 heterocycles. The van der Waals surface area contributed by atoms with E-state index in [0.717, 1.165) is 12.8 Å². The van der Waals surface area contributed by atoms with Gasteiger partial charge in [-0.05, 0) is 20.3 Å². The SMILES string of the molecule is CCCCO[C@@H]1[C@@H]2OC(C)(C)O[C@@H]2O[C@@H]1[C@H](O)CO[C@H]1O[C@@H](CO)[C@@H](O)[C@@H](O)[C@H]1NC(C)=O. The van der Waals surface area contributed by atoms with E-state index in [4.69, 9.17) is 28.4 Å².